The van der Waals surface area contributed by atoms with E-state index in [4.69, 9.17) is 16.7 Å². The molecule has 0 aliphatic rings. The minimum absolute atomic E-state index is 0.0658. The quantitative estimate of drug-likeness (QED) is 0.921. The number of aliphatic carboxylic acids is 1. The molecule has 1 aromatic heterocycles. The standard InChI is InChI=1S/C11H10BrClN4O2/c1-6(4-10(18)19)17-11(14-15-16-17)8-5-7(12)2-3-9(8)13/h2-3,5-6H,4H2,1H3,(H,18,19). The van der Waals surface area contributed by atoms with Crippen molar-refractivity contribution in [2.45, 2.75) is 19.4 Å². The van der Waals surface area contributed by atoms with Crippen molar-refractivity contribution in [3.63, 3.8) is 0 Å². The molecule has 1 heterocycles. The largest absolute Gasteiger partial charge is 0.481 e. The number of nitrogens with zero attached hydrogens (tertiary/aromatic N) is 4. The summed E-state index contributed by atoms with van der Waals surface area (Å²) in [4.78, 5) is 10.8. The average Bonchev–Trinajstić information content (AvgIpc) is 2.80. The maximum atomic E-state index is 10.8. The molecule has 1 atom stereocenters. The Bertz CT molecular complexity index is 616. The first-order valence-corrected chi connectivity index (χ1v) is 6.61. The molecule has 1 N–H and O–H groups in total. The summed E-state index contributed by atoms with van der Waals surface area (Å²) in [6.45, 7) is 1.74. The van der Waals surface area contributed by atoms with Gasteiger partial charge in [0, 0.05) is 10.0 Å². The molecular formula is C11H10BrClN4O2. The highest BCUT2D eigenvalue weighted by Gasteiger charge is 2.19. The van der Waals surface area contributed by atoms with Gasteiger partial charge in [-0.2, -0.15) is 0 Å². The minimum atomic E-state index is -0.908. The fourth-order valence-electron chi connectivity index (χ4n) is 1.68. The van der Waals surface area contributed by atoms with Crippen LogP contribution in [0, 0.1) is 0 Å². The fourth-order valence-corrected chi connectivity index (χ4v) is 2.24. The number of carboxylic acids is 1. The van der Waals surface area contributed by atoms with Gasteiger partial charge in [-0.25, -0.2) is 4.68 Å². The number of halogens is 2. The molecule has 0 spiro atoms. The Balaban J connectivity index is 2.44. The van der Waals surface area contributed by atoms with Gasteiger partial charge in [0.2, 0.25) is 0 Å². The number of carboxylic acid groups (broad SMARTS) is 1. The van der Waals surface area contributed by atoms with E-state index in [9.17, 15) is 4.79 Å². The Morgan fingerprint density at radius 3 is 3.00 bits per heavy atom. The first kappa shape index (κ1) is 14.0. The lowest BCUT2D eigenvalue weighted by atomic mass is 10.2. The van der Waals surface area contributed by atoms with Gasteiger partial charge in [-0.1, -0.05) is 27.5 Å². The molecule has 1 aromatic carbocycles. The van der Waals surface area contributed by atoms with Crippen molar-refractivity contribution < 1.29 is 9.90 Å². The van der Waals surface area contributed by atoms with Gasteiger partial charge in [-0.3, -0.25) is 4.79 Å². The monoisotopic (exact) mass is 344 g/mol. The van der Waals surface area contributed by atoms with Crippen molar-refractivity contribution in [2.75, 3.05) is 0 Å². The summed E-state index contributed by atoms with van der Waals surface area (Å²) in [5.74, 6) is -0.464. The minimum Gasteiger partial charge on any atom is -0.481 e. The second-order valence-corrected chi connectivity index (χ2v) is 5.34. The van der Waals surface area contributed by atoms with Crippen LogP contribution in [0.15, 0.2) is 22.7 Å². The summed E-state index contributed by atoms with van der Waals surface area (Å²) in [6, 6.07) is 4.96. The first-order valence-electron chi connectivity index (χ1n) is 5.44. The maximum Gasteiger partial charge on any atom is 0.305 e. The molecule has 8 heteroatoms. The van der Waals surface area contributed by atoms with Gasteiger partial charge >= 0.3 is 5.97 Å². The second kappa shape index (κ2) is 5.66. The van der Waals surface area contributed by atoms with Crippen molar-refractivity contribution in [3.8, 4) is 11.4 Å². The van der Waals surface area contributed by atoms with Gasteiger partial charge < -0.3 is 5.11 Å². The van der Waals surface area contributed by atoms with E-state index < -0.39 is 5.97 Å². The van der Waals surface area contributed by atoms with Crippen molar-refractivity contribution in [1.29, 1.82) is 0 Å². The van der Waals surface area contributed by atoms with Crippen LogP contribution in [-0.2, 0) is 4.79 Å². The lowest BCUT2D eigenvalue weighted by Gasteiger charge is -2.11. The predicted octanol–water partition coefficient (Wildman–Crippen LogP) is 2.79. The Morgan fingerprint density at radius 1 is 1.58 bits per heavy atom. The van der Waals surface area contributed by atoms with Crippen LogP contribution in [-0.4, -0.2) is 31.3 Å². The summed E-state index contributed by atoms with van der Waals surface area (Å²) in [5.41, 5.74) is 0.651. The first-order chi connectivity index (χ1) is 8.99. The van der Waals surface area contributed by atoms with E-state index in [0.29, 0.717) is 16.4 Å². The molecule has 2 aromatic rings. The van der Waals surface area contributed by atoms with Gasteiger partial charge in [-0.15, -0.1) is 5.10 Å². The molecule has 0 saturated carbocycles. The molecule has 6 nitrogen and oxygen atoms in total. The van der Waals surface area contributed by atoms with Gasteiger partial charge in [0.15, 0.2) is 5.82 Å². The van der Waals surface area contributed by atoms with E-state index in [2.05, 4.69) is 31.5 Å². The molecule has 0 radical (unpaired) electrons. The average molecular weight is 346 g/mol. The topological polar surface area (TPSA) is 80.9 Å². The van der Waals surface area contributed by atoms with Crippen LogP contribution in [0.25, 0.3) is 11.4 Å². The summed E-state index contributed by atoms with van der Waals surface area (Å²) in [7, 11) is 0. The van der Waals surface area contributed by atoms with Crippen LogP contribution in [0.3, 0.4) is 0 Å². The number of benzene rings is 1. The van der Waals surface area contributed by atoms with Crippen molar-refractivity contribution in [2.24, 2.45) is 0 Å². The highest BCUT2D eigenvalue weighted by molar-refractivity contribution is 9.10. The molecule has 0 aliphatic heterocycles. The van der Waals surface area contributed by atoms with Gasteiger partial charge in [0.1, 0.15) is 0 Å². The molecule has 2 rings (SSSR count). The summed E-state index contributed by atoms with van der Waals surface area (Å²) < 4.78 is 2.30. The molecule has 0 fully saturated rings. The van der Waals surface area contributed by atoms with Crippen LogP contribution in [0.1, 0.15) is 19.4 Å². The third-order valence-corrected chi connectivity index (χ3v) is 3.37. The zero-order chi connectivity index (χ0) is 14.0. The summed E-state index contributed by atoms with van der Waals surface area (Å²) in [5, 5.41) is 20.7. The fraction of sp³-hybridized carbons (Fsp3) is 0.273. The summed E-state index contributed by atoms with van der Waals surface area (Å²) >= 11 is 9.48. The van der Waals surface area contributed by atoms with E-state index in [1.54, 1.807) is 25.1 Å². The Morgan fingerprint density at radius 2 is 2.32 bits per heavy atom. The zero-order valence-corrected chi connectivity index (χ0v) is 12.3. The van der Waals surface area contributed by atoms with Crippen LogP contribution in [0.2, 0.25) is 5.02 Å². The van der Waals surface area contributed by atoms with E-state index >= 15 is 0 Å². The maximum absolute atomic E-state index is 10.8. The number of rotatable bonds is 4. The van der Waals surface area contributed by atoms with Crippen molar-refractivity contribution in [1.82, 2.24) is 20.2 Å². The highest BCUT2D eigenvalue weighted by atomic mass is 79.9. The third-order valence-electron chi connectivity index (χ3n) is 2.55. The molecule has 19 heavy (non-hydrogen) atoms. The summed E-state index contributed by atoms with van der Waals surface area (Å²) in [6.07, 6.45) is -0.0658. The Labute approximate surface area is 122 Å². The van der Waals surface area contributed by atoms with E-state index in [0.717, 1.165) is 4.47 Å². The molecule has 1 unspecified atom stereocenters. The highest BCUT2D eigenvalue weighted by Crippen LogP contribution is 2.30. The lowest BCUT2D eigenvalue weighted by Crippen LogP contribution is -2.13. The van der Waals surface area contributed by atoms with Crippen LogP contribution >= 0.6 is 27.5 Å². The van der Waals surface area contributed by atoms with Crippen LogP contribution < -0.4 is 0 Å². The second-order valence-electron chi connectivity index (χ2n) is 4.02. The van der Waals surface area contributed by atoms with E-state index in [-0.39, 0.29) is 12.5 Å². The van der Waals surface area contributed by atoms with Gasteiger partial charge in [0.25, 0.3) is 0 Å². The number of hydrogen-bond acceptors (Lipinski definition) is 4. The number of aromatic nitrogens is 4. The predicted molar refractivity (Wildman–Crippen MR) is 72.9 cm³/mol. The third kappa shape index (κ3) is 3.10. The lowest BCUT2D eigenvalue weighted by molar-refractivity contribution is -0.137. The van der Waals surface area contributed by atoms with Crippen LogP contribution in [0.5, 0.6) is 0 Å². The molecular weight excluding hydrogens is 336 g/mol. The van der Waals surface area contributed by atoms with Crippen LogP contribution in [0.4, 0.5) is 0 Å². The molecule has 0 saturated heterocycles. The molecule has 100 valence electrons. The van der Waals surface area contributed by atoms with Crippen molar-refractivity contribution in [3.05, 3.63) is 27.7 Å². The molecule has 0 aliphatic carbocycles. The Hall–Kier alpha value is -1.47. The zero-order valence-electron chi connectivity index (χ0n) is 9.92. The molecule has 0 amide bonds. The van der Waals surface area contributed by atoms with Crippen molar-refractivity contribution >= 4 is 33.5 Å². The van der Waals surface area contributed by atoms with Gasteiger partial charge in [0.05, 0.1) is 17.5 Å². The smallest absolute Gasteiger partial charge is 0.305 e. The number of tetrazole rings is 1. The normalized spacial score (nSPS) is 12.4. The van der Waals surface area contributed by atoms with Gasteiger partial charge in [-0.05, 0) is 35.5 Å². The van der Waals surface area contributed by atoms with E-state index in [1.165, 1.54) is 4.68 Å². The number of carbonyl (C=O) groups is 1. The molecule has 0 bridgehead atoms. The SMILES string of the molecule is CC(CC(=O)O)n1nnnc1-c1cc(Br)ccc1Cl. The Kier molecular flexibility index (Phi) is 4.16. The van der Waals surface area contributed by atoms with E-state index in [1.807, 2.05) is 0 Å². The number of hydrogen-bond donors (Lipinski definition) is 1.